The van der Waals surface area contributed by atoms with Crippen LogP contribution in [0.3, 0.4) is 0 Å². The summed E-state index contributed by atoms with van der Waals surface area (Å²) in [4.78, 5) is 0. The summed E-state index contributed by atoms with van der Waals surface area (Å²) in [6.45, 7) is 0.765. The molecule has 4 rings (SSSR count). The summed E-state index contributed by atoms with van der Waals surface area (Å²) < 4.78 is 11.6. The van der Waals surface area contributed by atoms with Gasteiger partial charge in [-0.05, 0) is 49.7 Å². The highest BCUT2D eigenvalue weighted by Crippen LogP contribution is 2.44. The van der Waals surface area contributed by atoms with Gasteiger partial charge in [-0.2, -0.15) is 0 Å². The lowest BCUT2D eigenvalue weighted by atomic mass is 9.79. The van der Waals surface area contributed by atoms with Gasteiger partial charge in [0.05, 0.1) is 24.9 Å². The number of hydrogen-bond donors (Lipinski definition) is 1. The predicted molar refractivity (Wildman–Crippen MR) is 75.9 cm³/mol. The van der Waals surface area contributed by atoms with Crippen LogP contribution in [0.5, 0.6) is 5.75 Å². The van der Waals surface area contributed by atoms with Crippen molar-refractivity contribution in [3.8, 4) is 5.75 Å². The number of fused-ring (bicyclic) bond motifs is 3. The average Bonchev–Trinajstić information content (AvgIpc) is 3.10. The Bertz CT molecular complexity index is 487. The van der Waals surface area contributed by atoms with E-state index in [4.69, 9.17) is 9.47 Å². The first-order valence-electron chi connectivity index (χ1n) is 7.86. The van der Waals surface area contributed by atoms with Gasteiger partial charge in [-0.3, -0.25) is 0 Å². The Morgan fingerprint density at radius 1 is 1.20 bits per heavy atom. The van der Waals surface area contributed by atoms with Crippen molar-refractivity contribution in [2.45, 2.75) is 56.3 Å². The molecule has 3 aliphatic heterocycles. The third-order valence-corrected chi connectivity index (χ3v) is 5.26. The molecule has 0 spiro atoms. The molecule has 0 radical (unpaired) electrons. The summed E-state index contributed by atoms with van der Waals surface area (Å²) in [5.74, 6) is 1.78. The van der Waals surface area contributed by atoms with Gasteiger partial charge >= 0.3 is 0 Å². The summed E-state index contributed by atoms with van der Waals surface area (Å²) >= 11 is 0. The van der Waals surface area contributed by atoms with E-state index in [1.54, 1.807) is 0 Å². The van der Waals surface area contributed by atoms with Crippen LogP contribution in [0.1, 0.15) is 43.6 Å². The van der Waals surface area contributed by atoms with E-state index in [9.17, 15) is 5.11 Å². The lowest BCUT2D eigenvalue weighted by molar-refractivity contribution is 0.0332. The predicted octanol–water partition coefficient (Wildman–Crippen LogP) is 2.87. The third-order valence-electron chi connectivity index (χ3n) is 5.26. The molecule has 5 unspecified atom stereocenters. The molecule has 3 nitrogen and oxygen atoms in total. The van der Waals surface area contributed by atoms with Crippen molar-refractivity contribution in [1.29, 1.82) is 0 Å². The van der Waals surface area contributed by atoms with E-state index >= 15 is 0 Å². The monoisotopic (exact) mass is 274 g/mol. The van der Waals surface area contributed by atoms with Crippen LogP contribution in [0.4, 0.5) is 0 Å². The average molecular weight is 274 g/mol. The van der Waals surface area contributed by atoms with Crippen molar-refractivity contribution in [3.63, 3.8) is 0 Å². The van der Waals surface area contributed by atoms with Crippen molar-refractivity contribution >= 4 is 0 Å². The van der Waals surface area contributed by atoms with Crippen LogP contribution in [-0.4, -0.2) is 30.0 Å². The smallest absolute Gasteiger partial charge is 0.122 e. The van der Waals surface area contributed by atoms with E-state index < -0.39 is 0 Å². The van der Waals surface area contributed by atoms with Crippen LogP contribution in [0, 0.1) is 5.92 Å². The van der Waals surface area contributed by atoms with Gasteiger partial charge in [-0.15, -0.1) is 0 Å². The van der Waals surface area contributed by atoms with Crippen molar-refractivity contribution in [3.05, 3.63) is 29.8 Å². The Hall–Kier alpha value is -1.06. The summed E-state index contributed by atoms with van der Waals surface area (Å²) in [6.07, 6.45) is 5.72. The van der Waals surface area contributed by atoms with E-state index in [2.05, 4.69) is 12.1 Å². The second-order valence-electron chi connectivity index (χ2n) is 6.45. The highest BCUT2D eigenvalue weighted by atomic mass is 16.5. The maximum atomic E-state index is 10.6. The first kappa shape index (κ1) is 12.7. The van der Waals surface area contributed by atoms with E-state index in [1.807, 2.05) is 12.1 Å². The van der Waals surface area contributed by atoms with E-state index in [-0.39, 0.29) is 6.10 Å². The minimum absolute atomic E-state index is 0.235. The normalized spacial score (nSPS) is 36.5. The second kappa shape index (κ2) is 5.05. The number of aliphatic hydroxyl groups excluding tert-OH is 1. The maximum absolute atomic E-state index is 10.6. The minimum atomic E-state index is -0.235. The van der Waals surface area contributed by atoms with Crippen molar-refractivity contribution in [1.82, 2.24) is 0 Å². The summed E-state index contributed by atoms with van der Waals surface area (Å²) in [6, 6.07) is 8.26. The first-order valence-corrected chi connectivity index (χ1v) is 7.86. The largest absolute Gasteiger partial charge is 0.493 e. The minimum Gasteiger partial charge on any atom is -0.493 e. The Morgan fingerprint density at radius 2 is 2.10 bits per heavy atom. The lowest BCUT2D eigenvalue weighted by Gasteiger charge is -2.31. The van der Waals surface area contributed by atoms with Crippen LogP contribution in [-0.2, 0) is 4.74 Å². The molecule has 1 aromatic carbocycles. The van der Waals surface area contributed by atoms with Crippen LogP contribution >= 0.6 is 0 Å². The topological polar surface area (TPSA) is 38.7 Å². The molecule has 2 bridgehead atoms. The molecule has 20 heavy (non-hydrogen) atoms. The number of aliphatic hydroxyl groups is 1. The SMILES string of the molecule is OC(CC1CCOc2ccccc21)C1CC2CCC1O2. The molecule has 108 valence electrons. The molecule has 3 heterocycles. The van der Waals surface area contributed by atoms with Crippen molar-refractivity contribution < 1.29 is 14.6 Å². The molecule has 3 aliphatic rings. The van der Waals surface area contributed by atoms with Gasteiger partial charge in [-0.25, -0.2) is 0 Å². The van der Waals surface area contributed by atoms with Crippen LogP contribution in [0.25, 0.3) is 0 Å². The fraction of sp³-hybridized carbons (Fsp3) is 0.647. The number of ether oxygens (including phenoxy) is 2. The van der Waals surface area contributed by atoms with Gasteiger partial charge in [0.15, 0.2) is 0 Å². The van der Waals surface area contributed by atoms with E-state index in [0.717, 1.165) is 38.0 Å². The zero-order valence-electron chi connectivity index (χ0n) is 11.7. The Kier molecular flexibility index (Phi) is 3.20. The van der Waals surface area contributed by atoms with E-state index in [0.29, 0.717) is 24.0 Å². The number of rotatable bonds is 3. The lowest BCUT2D eigenvalue weighted by Crippen LogP contribution is -2.31. The molecule has 1 N–H and O–H groups in total. The van der Waals surface area contributed by atoms with Gasteiger partial charge in [-0.1, -0.05) is 18.2 Å². The molecule has 0 saturated carbocycles. The first-order chi connectivity index (χ1) is 9.81. The zero-order valence-corrected chi connectivity index (χ0v) is 11.7. The zero-order chi connectivity index (χ0) is 13.5. The van der Waals surface area contributed by atoms with Gasteiger partial charge in [0.1, 0.15) is 5.75 Å². The molecule has 0 aromatic heterocycles. The van der Waals surface area contributed by atoms with Gasteiger partial charge in [0.25, 0.3) is 0 Å². The van der Waals surface area contributed by atoms with Gasteiger partial charge < -0.3 is 14.6 Å². The summed E-state index contributed by atoms with van der Waals surface area (Å²) in [5.41, 5.74) is 1.27. The summed E-state index contributed by atoms with van der Waals surface area (Å²) in [7, 11) is 0. The maximum Gasteiger partial charge on any atom is 0.122 e. The Labute approximate surface area is 119 Å². The molecule has 0 amide bonds. The molecular weight excluding hydrogens is 252 g/mol. The molecule has 3 heteroatoms. The van der Waals surface area contributed by atoms with Crippen molar-refractivity contribution in [2.24, 2.45) is 5.92 Å². The number of hydrogen-bond acceptors (Lipinski definition) is 3. The standard InChI is InChI=1S/C17H22O3/c18-15(14-10-12-5-6-17(14)20-12)9-11-7-8-19-16-4-2-1-3-13(11)16/h1-4,11-12,14-15,17-18H,5-10H2. The van der Waals surface area contributed by atoms with Gasteiger partial charge in [0.2, 0.25) is 0 Å². The molecule has 0 aliphatic carbocycles. The molecule has 1 aromatic rings. The number of benzene rings is 1. The molecule has 5 atom stereocenters. The van der Waals surface area contributed by atoms with Crippen LogP contribution in [0.15, 0.2) is 24.3 Å². The second-order valence-corrected chi connectivity index (χ2v) is 6.45. The van der Waals surface area contributed by atoms with Crippen molar-refractivity contribution in [2.75, 3.05) is 6.61 Å². The quantitative estimate of drug-likeness (QED) is 0.921. The molecule has 2 fully saturated rings. The molecule has 2 saturated heterocycles. The summed E-state index contributed by atoms with van der Waals surface area (Å²) in [5, 5.41) is 10.6. The highest BCUT2D eigenvalue weighted by molar-refractivity contribution is 5.37. The van der Waals surface area contributed by atoms with Crippen LogP contribution in [0.2, 0.25) is 0 Å². The third kappa shape index (κ3) is 2.13. The Balaban J connectivity index is 1.47. The molecular formula is C17H22O3. The highest BCUT2D eigenvalue weighted by Gasteiger charge is 2.44. The van der Waals surface area contributed by atoms with Gasteiger partial charge in [0, 0.05) is 5.92 Å². The van der Waals surface area contributed by atoms with Crippen LogP contribution < -0.4 is 4.74 Å². The fourth-order valence-corrected chi connectivity index (χ4v) is 4.21. The fourth-order valence-electron chi connectivity index (χ4n) is 4.21. The number of para-hydroxylation sites is 1. The van der Waals surface area contributed by atoms with E-state index in [1.165, 1.54) is 12.0 Å². The Morgan fingerprint density at radius 3 is 2.90 bits per heavy atom.